The summed E-state index contributed by atoms with van der Waals surface area (Å²) in [6.45, 7) is 8.71. The molecule has 1 N–H and O–H groups in total. The van der Waals surface area contributed by atoms with Crippen LogP contribution in [0.3, 0.4) is 0 Å². The van der Waals surface area contributed by atoms with E-state index in [1.807, 2.05) is 32.5 Å². The van der Waals surface area contributed by atoms with Crippen molar-refractivity contribution in [1.82, 2.24) is 15.1 Å². The van der Waals surface area contributed by atoms with Crippen LogP contribution in [0.2, 0.25) is 0 Å². The summed E-state index contributed by atoms with van der Waals surface area (Å²) in [6.07, 6.45) is 0.697. The van der Waals surface area contributed by atoms with Gasteiger partial charge in [0.1, 0.15) is 5.54 Å². The molecule has 20 heavy (non-hydrogen) atoms. The Balaban J connectivity index is 2.73. The van der Waals surface area contributed by atoms with Crippen molar-refractivity contribution in [1.29, 1.82) is 0 Å². The zero-order valence-electron chi connectivity index (χ0n) is 13.2. The minimum absolute atomic E-state index is 0.215. The number of thioether (sulfide) groups is 1. The molecule has 0 aliphatic rings. The molecule has 1 aromatic rings. The van der Waals surface area contributed by atoms with E-state index < -0.39 is 5.54 Å². The monoisotopic (exact) mass is 299 g/mol. The Morgan fingerprint density at radius 3 is 2.75 bits per heavy atom. The highest BCUT2D eigenvalue weighted by Crippen LogP contribution is 2.29. The number of aryl methyl sites for hydroxylation is 2. The largest absolute Gasteiger partial charge is 0.468 e. The lowest BCUT2D eigenvalue weighted by molar-refractivity contribution is -0.148. The first-order valence-electron chi connectivity index (χ1n) is 6.83. The fraction of sp³-hybridized carbons (Fsp3) is 0.714. The molecule has 0 aliphatic carbocycles. The van der Waals surface area contributed by atoms with E-state index in [2.05, 4.69) is 23.4 Å². The Morgan fingerprint density at radius 1 is 1.65 bits per heavy atom. The van der Waals surface area contributed by atoms with E-state index in [4.69, 9.17) is 4.74 Å². The van der Waals surface area contributed by atoms with Gasteiger partial charge in [-0.05, 0) is 32.9 Å². The van der Waals surface area contributed by atoms with Crippen molar-refractivity contribution in [3.63, 3.8) is 0 Å². The number of carbonyl (C=O) groups is 1. The minimum Gasteiger partial charge on any atom is -0.468 e. The van der Waals surface area contributed by atoms with Gasteiger partial charge in [-0.2, -0.15) is 5.10 Å². The second kappa shape index (κ2) is 7.13. The van der Waals surface area contributed by atoms with E-state index in [0.717, 1.165) is 17.3 Å². The lowest BCUT2D eigenvalue weighted by atomic mass is 9.96. The average molecular weight is 299 g/mol. The van der Waals surface area contributed by atoms with Gasteiger partial charge in [0.15, 0.2) is 0 Å². The molecule has 2 atom stereocenters. The van der Waals surface area contributed by atoms with Crippen molar-refractivity contribution in [3.05, 3.63) is 11.8 Å². The predicted octanol–water partition coefficient (Wildman–Crippen LogP) is 2.14. The Bertz CT molecular complexity index is 461. The van der Waals surface area contributed by atoms with Crippen LogP contribution < -0.4 is 5.32 Å². The van der Waals surface area contributed by atoms with Gasteiger partial charge in [-0.1, -0.05) is 13.8 Å². The molecule has 6 heteroatoms. The van der Waals surface area contributed by atoms with Crippen molar-refractivity contribution in [2.75, 3.05) is 13.7 Å². The van der Waals surface area contributed by atoms with Gasteiger partial charge in [-0.15, -0.1) is 11.8 Å². The minimum atomic E-state index is -0.649. The summed E-state index contributed by atoms with van der Waals surface area (Å²) < 4.78 is 6.79. The third-order valence-corrected chi connectivity index (χ3v) is 4.37. The molecule has 1 rings (SSSR count). The zero-order valence-corrected chi connectivity index (χ0v) is 14.0. The second-order valence-corrected chi connectivity index (χ2v) is 6.69. The van der Waals surface area contributed by atoms with E-state index in [0.29, 0.717) is 6.42 Å². The molecule has 0 amide bonds. The highest BCUT2D eigenvalue weighted by Gasteiger charge is 2.35. The Labute approximate surface area is 125 Å². The number of nitrogens with one attached hydrogen (secondary N) is 1. The van der Waals surface area contributed by atoms with Gasteiger partial charge in [0.05, 0.1) is 17.8 Å². The van der Waals surface area contributed by atoms with Crippen LogP contribution >= 0.6 is 11.8 Å². The Kier molecular flexibility index (Phi) is 6.07. The third-order valence-electron chi connectivity index (χ3n) is 3.18. The van der Waals surface area contributed by atoms with Crippen LogP contribution in [0.15, 0.2) is 11.1 Å². The summed E-state index contributed by atoms with van der Waals surface area (Å²) in [5.41, 5.74) is 0.355. The summed E-state index contributed by atoms with van der Waals surface area (Å²) >= 11 is 1.72. The van der Waals surface area contributed by atoms with E-state index in [-0.39, 0.29) is 11.2 Å². The molecule has 114 valence electrons. The van der Waals surface area contributed by atoms with Crippen molar-refractivity contribution in [2.45, 2.75) is 49.9 Å². The number of rotatable bonds is 7. The third kappa shape index (κ3) is 4.24. The first kappa shape index (κ1) is 17.0. The zero-order chi connectivity index (χ0) is 15.3. The molecule has 5 nitrogen and oxygen atoms in total. The maximum absolute atomic E-state index is 12.0. The molecule has 1 aromatic heterocycles. The lowest BCUT2D eigenvalue weighted by Gasteiger charge is -2.30. The summed E-state index contributed by atoms with van der Waals surface area (Å²) in [4.78, 5) is 12.0. The molecule has 0 bridgehead atoms. The SMILES string of the molecule is CCNC(C)(CC(C)Sc1cc(C)nn1C)C(=O)OC. The van der Waals surface area contributed by atoms with Crippen LogP contribution in [0.1, 0.15) is 32.9 Å². The van der Waals surface area contributed by atoms with Crippen molar-refractivity contribution >= 4 is 17.7 Å². The summed E-state index contributed by atoms with van der Waals surface area (Å²) in [5, 5.41) is 8.95. The molecule has 0 aromatic carbocycles. The van der Waals surface area contributed by atoms with Crippen LogP contribution in [0.25, 0.3) is 0 Å². The average Bonchev–Trinajstić information content (AvgIpc) is 2.66. The highest BCUT2D eigenvalue weighted by molar-refractivity contribution is 7.99. The molecule has 0 aliphatic heterocycles. The maximum Gasteiger partial charge on any atom is 0.325 e. The number of aromatic nitrogens is 2. The maximum atomic E-state index is 12.0. The topological polar surface area (TPSA) is 56.2 Å². The number of carbonyl (C=O) groups excluding carboxylic acids is 1. The number of nitrogens with zero attached hydrogens (tertiary/aromatic N) is 2. The van der Waals surface area contributed by atoms with Gasteiger partial charge in [-0.3, -0.25) is 9.48 Å². The van der Waals surface area contributed by atoms with Crippen LogP contribution in [-0.2, 0) is 16.6 Å². The molecule has 0 spiro atoms. The smallest absolute Gasteiger partial charge is 0.325 e. The fourth-order valence-electron chi connectivity index (χ4n) is 2.36. The van der Waals surface area contributed by atoms with Gasteiger partial charge >= 0.3 is 5.97 Å². The van der Waals surface area contributed by atoms with Crippen LogP contribution in [0.5, 0.6) is 0 Å². The van der Waals surface area contributed by atoms with Gasteiger partial charge in [-0.25, -0.2) is 0 Å². The number of esters is 1. The first-order valence-corrected chi connectivity index (χ1v) is 7.71. The quantitative estimate of drug-likeness (QED) is 0.617. The van der Waals surface area contributed by atoms with Gasteiger partial charge in [0, 0.05) is 12.3 Å². The second-order valence-electron chi connectivity index (χ2n) is 5.23. The molecular formula is C14H25N3O2S. The lowest BCUT2D eigenvalue weighted by Crippen LogP contribution is -2.51. The summed E-state index contributed by atoms with van der Waals surface area (Å²) in [7, 11) is 3.37. The van der Waals surface area contributed by atoms with Crippen molar-refractivity contribution < 1.29 is 9.53 Å². The molecule has 0 radical (unpaired) electrons. The Hall–Kier alpha value is -1.01. The summed E-state index contributed by atoms with van der Waals surface area (Å²) in [6, 6.07) is 2.06. The van der Waals surface area contributed by atoms with Crippen molar-refractivity contribution in [2.24, 2.45) is 7.05 Å². The van der Waals surface area contributed by atoms with E-state index in [1.54, 1.807) is 11.8 Å². The number of likely N-dealkylation sites (N-methyl/N-ethyl adjacent to an activating group) is 1. The normalized spacial score (nSPS) is 15.7. The van der Waals surface area contributed by atoms with E-state index >= 15 is 0 Å². The number of hydrogen-bond acceptors (Lipinski definition) is 5. The molecular weight excluding hydrogens is 274 g/mol. The molecule has 0 saturated carbocycles. The van der Waals surface area contributed by atoms with Crippen LogP contribution in [0, 0.1) is 6.92 Å². The first-order chi connectivity index (χ1) is 9.32. The van der Waals surface area contributed by atoms with Gasteiger partial charge < -0.3 is 10.1 Å². The molecule has 0 fully saturated rings. The summed E-state index contributed by atoms with van der Waals surface area (Å²) in [5.74, 6) is -0.215. The molecule has 2 unspecified atom stereocenters. The predicted molar refractivity (Wildman–Crippen MR) is 82.0 cm³/mol. The Morgan fingerprint density at radius 2 is 2.30 bits per heavy atom. The van der Waals surface area contributed by atoms with Crippen molar-refractivity contribution in [3.8, 4) is 0 Å². The highest BCUT2D eigenvalue weighted by atomic mass is 32.2. The van der Waals surface area contributed by atoms with Gasteiger partial charge in [0.25, 0.3) is 0 Å². The standard InChI is InChI=1S/C14H25N3O2S/c1-7-15-14(4,13(18)19-6)9-11(3)20-12-8-10(2)16-17(12)5/h8,11,15H,7,9H2,1-6H3. The molecule has 1 heterocycles. The number of methoxy groups -OCH3 is 1. The van der Waals surface area contributed by atoms with E-state index in [9.17, 15) is 4.79 Å². The number of hydrogen-bond donors (Lipinski definition) is 1. The van der Waals surface area contributed by atoms with Gasteiger partial charge in [0.2, 0.25) is 0 Å². The fourth-order valence-corrected chi connectivity index (χ4v) is 3.62. The number of ether oxygens (including phenoxy) is 1. The van der Waals surface area contributed by atoms with Crippen LogP contribution in [-0.4, -0.2) is 40.2 Å². The molecule has 0 saturated heterocycles. The van der Waals surface area contributed by atoms with Crippen LogP contribution in [0.4, 0.5) is 0 Å². The van der Waals surface area contributed by atoms with E-state index in [1.165, 1.54) is 7.11 Å².